The lowest BCUT2D eigenvalue weighted by molar-refractivity contribution is -0.141. The number of hydrogen-bond acceptors (Lipinski definition) is 4. The Kier molecular flexibility index (Phi) is 8.18. The van der Waals surface area contributed by atoms with E-state index in [1.807, 2.05) is 38.1 Å². The second kappa shape index (κ2) is 11.5. The third-order valence-electron chi connectivity index (χ3n) is 7.21. The molecule has 1 aliphatic heterocycles. The van der Waals surface area contributed by atoms with Gasteiger partial charge in [0.05, 0.1) is 11.1 Å². The van der Waals surface area contributed by atoms with Crippen molar-refractivity contribution in [2.45, 2.75) is 77.4 Å². The van der Waals surface area contributed by atoms with Crippen LogP contribution in [0, 0.1) is 6.92 Å². The van der Waals surface area contributed by atoms with E-state index in [1.165, 1.54) is 4.90 Å². The average Bonchev–Trinajstić information content (AvgIpc) is 3.47. The zero-order valence-electron chi connectivity index (χ0n) is 21.2. The first-order chi connectivity index (χ1) is 17.4. The van der Waals surface area contributed by atoms with Crippen molar-refractivity contribution in [1.82, 2.24) is 15.1 Å². The number of imide groups is 1. The van der Waals surface area contributed by atoms with Crippen molar-refractivity contribution in [3.05, 3.63) is 70.8 Å². The lowest BCUT2D eigenvalue weighted by atomic mass is 10.1. The Hall–Kier alpha value is -3.48. The van der Waals surface area contributed by atoms with Gasteiger partial charge in [-0.25, -0.2) is 0 Å². The summed E-state index contributed by atoms with van der Waals surface area (Å²) in [5.41, 5.74) is 2.90. The molecule has 0 bridgehead atoms. The maximum Gasteiger partial charge on any atom is 0.261 e. The third-order valence-corrected chi connectivity index (χ3v) is 7.21. The molecule has 2 aliphatic rings. The van der Waals surface area contributed by atoms with Gasteiger partial charge >= 0.3 is 0 Å². The minimum Gasteiger partial charge on any atom is -0.352 e. The van der Waals surface area contributed by atoms with Gasteiger partial charge in [0.2, 0.25) is 11.8 Å². The number of carbonyl (C=O) groups is 4. The Balaban J connectivity index is 1.43. The highest BCUT2D eigenvalue weighted by atomic mass is 16.2. The molecule has 4 amide bonds. The van der Waals surface area contributed by atoms with E-state index in [0.717, 1.165) is 36.8 Å². The molecular weight excluding hydrogens is 454 g/mol. The van der Waals surface area contributed by atoms with Gasteiger partial charge in [0.1, 0.15) is 6.04 Å². The molecule has 1 atom stereocenters. The molecule has 1 aliphatic carbocycles. The summed E-state index contributed by atoms with van der Waals surface area (Å²) in [6.07, 6.45) is 5.19. The highest BCUT2D eigenvalue weighted by Gasteiger charge is 2.35. The van der Waals surface area contributed by atoms with Gasteiger partial charge in [-0.2, -0.15) is 0 Å². The normalized spacial score (nSPS) is 16.2. The molecule has 4 rings (SSSR count). The molecule has 2 aromatic carbocycles. The van der Waals surface area contributed by atoms with Gasteiger partial charge in [0.25, 0.3) is 11.8 Å². The van der Waals surface area contributed by atoms with E-state index in [2.05, 4.69) is 5.32 Å². The number of rotatable bonds is 10. The van der Waals surface area contributed by atoms with Crippen LogP contribution in [0.25, 0.3) is 0 Å². The molecule has 0 spiro atoms. The first-order valence-electron chi connectivity index (χ1n) is 13.0. The molecular formula is C29H35N3O4. The minimum absolute atomic E-state index is 0.106. The summed E-state index contributed by atoms with van der Waals surface area (Å²) in [7, 11) is 0. The van der Waals surface area contributed by atoms with E-state index >= 15 is 0 Å². The Morgan fingerprint density at radius 1 is 1.00 bits per heavy atom. The molecule has 1 fully saturated rings. The second-order valence-electron chi connectivity index (χ2n) is 9.83. The number of fused-ring (bicyclic) bond motifs is 1. The Labute approximate surface area is 212 Å². The van der Waals surface area contributed by atoms with Gasteiger partial charge in [0, 0.05) is 25.6 Å². The average molecular weight is 490 g/mol. The standard InChI is InChI=1S/C29H35N3O4/c1-3-25(27(34)30-22-9-4-5-10-22)32(19-21-16-14-20(2)15-17-21)26(33)13-8-18-31-28(35)23-11-6-7-12-24(23)29(31)36/h6-7,11-12,14-17,22,25H,3-5,8-10,13,18-19H2,1-2H3,(H,30,34). The molecule has 0 aromatic heterocycles. The number of amides is 4. The Morgan fingerprint density at radius 3 is 2.19 bits per heavy atom. The van der Waals surface area contributed by atoms with Crippen molar-refractivity contribution in [2.75, 3.05) is 6.54 Å². The van der Waals surface area contributed by atoms with E-state index in [-0.39, 0.29) is 42.6 Å². The highest BCUT2D eigenvalue weighted by molar-refractivity contribution is 6.21. The molecule has 1 N–H and O–H groups in total. The second-order valence-corrected chi connectivity index (χ2v) is 9.83. The van der Waals surface area contributed by atoms with Crippen molar-refractivity contribution < 1.29 is 19.2 Å². The highest BCUT2D eigenvalue weighted by Crippen LogP contribution is 2.23. The van der Waals surface area contributed by atoms with Gasteiger partial charge in [-0.3, -0.25) is 24.1 Å². The van der Waals surface area contributed by atoms with Crippen LogP contribution in [0.1, 0.15) is 83.7 Å². The fourth-order valence-corrected chi connectivity index (χ4v) is 5.15. The van der Waals surface area contributed by atoms with Crippen molar-refractivity contribution in [3.8, 4) is 0 Å². The fraction of sp³-hybridized carbons (Fsp3) is 0.448. The van der Waals surface area contributed by atoms with Crippen LogP contribution in [0.15, 0.2) is 48.5 Å². The molecule has 0 saturated heterocycles. The van der Waals surface area contributed by atoms with Gasteiger partial charge < -0.3 is 10.2 Å². The maximum atomic E-state index is 13.5. The first kappa shape index (κ1) is 25.6. The van der Waals surface area contributed by atoms with Crippen molar-refractivity contribution >= 4 is 23.6 Å². The zero-order valence-corrected chi connectivity index (χ0v) is 21.2. The van der Waals surface area contributed by atoms with E-state index in [1.54, 1.807) is 29.2 Å². The van der Waals surface area contributed by atoms with Crippen LogP contribution in [0.5, 0.6) is 0 Å². The number of hydrogen-bond donors (Lipinski definition) is 1. The predicted molar refractivity (Wildman–Crippen MR) is 137 cm³/mol. The lowest BCUT2D eigenvalue weighted by Crippen LogP contribution is -2.51. The SMILES string of the molecule is CCC(C(=O)NC1CCCC1)N(Cc1ccc(C)cc1)C(=O)CCCN1C(=O)c2ccccc2C1=O. The summed E-state index contributed by atoms with van der Waals surface area (Å²) >= 11 is 0. The van der Waals surface area contributed by atoms with Gasteiger partial charge in [-0.05, 0) is 50.3 Å². The fourth-order valence-electron chi connectivity index (χ4n) is 5.15. The molecule has 0 radical (unpaired) electrons. The summed E-state index contributed by atoms with van der Waals surface area (Å²) in [5.74, 6) is -0.894. The van der Waals surface area contributed by atoms with Crippen LogP contribution in [-0.4, -0.2) is 52.1 Å². The molecule has 1 heterocycles. The molecule has 2 aromatic rings. The number of nitrogens with one attached hydrogen (secondary N) is 1. The van der Waals surface area contributed by atoms with Crippen LogP contribution in [-0.2, 0) is 16.1 Å². The summed E-state index contributed by atoms with van der Waals surface area (Å²) in [6, 6.07) is 14.3. The topological polar surface area (TPSA) is 86.8 Å². The van der Waals surface area contributed by atoms with Crippen LogP contribution in [0.2, 0.25) is 0 Å². The van der Waals surface area contributed by atoms with Crippen molar-refractivity contribution in [3.63, 3.8) is 0 Å². The van der Waals surface area contributed by atoms with E-state index in [0.29, 0.717) is 30.5 Å². The molecule has 190 valence electrons. The maximum absolute atomic E-state index is 13.5. The number of nitrogens with zero attached hydrogens (tertiary/aromatic N) is 2. The number of benzene rings is 2. The van der Waals surface area contributed by atoms with Crippen LogP contribution >= 0.6 is 0 Å². The lowest BCUT2D eigenvalue weighted by Gasteiger charge is -2.32. The molecule has 1 unspecified atom stereocenters. The van der Waals surface area contributed by atoms with Crippen LogP contribution in [0.3, 0.4) is 0 Å². The first-order valence-corrected chi connectivity index (χ1v) is 13.0. The summed E-state index contributed by atoms with van der Waals surface area (Å²) in [6.45, 7) is 4.44. The number of carbonyl (C=O) groups excluding carboxylic acids is 4. The number of aryl methyl sites for hydroxylation is 1. The smallest absolute Gasteiger partial charge is 0.261 e. The monoisotopic (exact) mass is 489 g/mol. The van der Waals surface area contributed by atoms with Gasteiger partial charge in [-0.15, -0.1) is 0 Å². The quantitative estimate of drug-likeness (QED) is 0.506. The molecule has 1 saturated carbocycles. The molecule has 7 heteroatoms. The van der Waals surface area contributed by atoms with Crippen LogP contribution in [0.4, 0.5) is 0 Å². The van der Waals surface area contributed by atoms with Crippen LogP contribution < -0.4 is 5.32 Å². The predicted octanol–water partition coefficient (Wildman–Crippen LogP) is 4.24. The van der Waals surface area contributed by atoms with E-state index in [4.69, 9.17) is 0 Å². The summed E-state index contributed by atoms with van der Waals surface area (Å²) < 4.78 is 0. The summed E-state index contributed by atoms with van der Waals surface area (Å²) in [4.78, 5) is 54.9. The van der Waals surface area contributed by atoms with E-state index in [9.17, 15) is 19.2 Å². The minimum atomic E-state index is -0.571. The summed E-state index contributed by atoms with van der Waals surface area (Å²) in [5, 5.41) is 3.15. The van der Waals surface area contributed by atoms with Gasteiger partial charge in [0.15, 0.2) is 0 Å². The van der Waals surface area contributed by atoms with E-state index < -0.39 is 6.04 Å². The van der Waals surface area contributed by atoms with Gasteiger partial charge in [-0.1, -0.05) is 61.7 Å². The third kappa shape index (κ3) is 5.66. The molecule has 7 nitrogen and oxygen atoms in total. The Morgan fingerprint density at radius 2 is 1.61 bits per heavy atom. The molecule has 36 heavy (non-hydrogen) atoms. The largest absolute Gasteiger partial charge is 0.352 e. The zero-order chi connectivity index (χ0) is 25.7. The Bertz CT molecular complexity index is 1090. The van der Waals surface area contributed by atoms with Crippen molar-refractivity contribution in [2.24, 2.45) is 0 Å². The van der Waals surface area contributed by atoms with Crippen molar-refractivity contribution in [1.29, 1.82) is 0 Å².